The monoisotopic (exact) mass is 390 g/mol. The van der Waals surface area contributed by atoms with E-state index in [1.54, 1.807) is 48.5 Å². The van der Waals surface area contributed by atoms with Gasteiger partial charge in [-0.15, -0.1) is 0 Å². The van der Waals surface area contributed by atoms with Crippen molar-refractivity contribution in [3.05, 3.63) is 58.6 Å². The molecule has 0 aliphatic carbocycles. The molecule has 0 aliphatic rings. The number of anilines is 1. The first-order valence-corrected chi connectivity index (χ1v) is 8.08. The summed E-state index contributed by atoms with van der Waals surface area (Å²) in [6, 6.07) is 13.5. The van der Waals surface area contributed by atoms with E-state index in [1.807, 2.05) is 5.40 Å². The Morgan fingerprint density at radius 3 is 2.61 bits per heavy atom. The van der Waals surface area contributed by atoms with Crippen molar-refractivity contribution >= 4 is 45.3 Å². The quantitative estimate of drug-likeness (QED) is 0.476. The molecule has 5 nitrogen and oxygen atoms in total. The van der Waals surface area contributed by atoms with Crippen LogP contribution in [-0.4, -0.2) is 18.5 Å². The van der Waals surface area contributed by atoms with Crippen LogP contribution in [0.5, 0.6) is 0 Å². The first-order valence-electron chi connectivity index (χ1n) is 6.47. The predicted molar refractivity (Wildman–Crippen MR) is 91.0 cm³/mol. The third-order valence-electron chi connectivity index (χ3n) is 2.72. The van der Waals surface area contributed by atoms with Crippen LogP contribution in [-0.2, 0) is 9.53 Å². The van der Waals surface area contributed by atoms with Crippen LogP contribution in [0.25, 0.3) is 0 Å². The lowest BCUT2D eigenvalue weighted by atomic mass is 10.2. The van der Waals surface area contributed by atoms with Gasteiger partial charge < -0.3 is 10.1 Å². The summed E-state index contributed by atoms with van der Waals surface area (Å²) in [6.07, 6.45) is 0. The molecule has 0 heterocycles. The lowest BCUT2D eigenvalue weighted by molar-refractivity contribution is -0.119. The molecule has 1 amide bonds. The second kappa shape index (κ2) is 8.36. The molecule has 1 N–H and O–H groups in total. The molecule has 0 bridgehead atoms. The van der Waals surface area contributed by atoms with Crippen LogP contribution in [0.3, 0.4) is 0 Å². The summed E-state index contributed by atoms with van der Waals surface area (Å²) in [5, 5.41) is 13.2. The van der Waals surface area contributed by atoms with Crippen molar-refractivity contribution in [2.75, 3.05) is 11.9 Å². The summed E-state index contributed by atoms with van der Waals surface area (Å²) >= 11 is 4.34. The average molecular weight is 391 g/mol. The third-order valence-corrected chi connectivity index (χ3v) is 3.96. The zero-order chi connectivity index (χ0) is 16.7. The van der Waals surface area contributed by atoms with E-state index in [2.05, 4.69) is 21.2 Å². The fraction of sp³-hybridized carbons (Fsp3) is 0.0625. The maximum Gasteiger partial charge on any atom is 0.338 e. The predicted octanol–water partition coefficient (Wildman–Crippen LogP) is 3.82. The number of amides is 1. The fourth-order valence-corrected chi connectivity index (χ4v) is 2.74. The van der Waals surface area contributed by atoms with Crippen molar-refractivity contribution in [1.82, 2.24) is 0 Å². The van der Waals surface area contributed by atoms with Crippen LogP contribution in [0.2, 0.25) is 0 Å². The smallest absolute Gasteiger partial charge is 0.338 e. The fourth-order valence-electron chi connectivity index (χ4n) is 1.69. The Hall–Kier alpha value is -2.30. The minimum absolute atomic E-state index is 0.380. The number of carbonyl (C=O) groups is 2. The maximum absolute atomic E-state index is 11.8. The van der Waals surface area contributed by atoms with Gasteiger partial charge in [0.15, 0.2) is 6.61 Å². The van der Waals surface area contributed by atoms with Crippen LogP contribution in [0, 0.1) is 10.7 Å². The highest BCUT2D eigenvalue weighted by molar-refractivity contribution is 9.10. The Labute approximate surface area is 145 Å². The Balaban J connectivity index is 1.90. The Kier molecular flexibility index (Phi) is 6.20. The Morgan fingerprint density at radius 2 is 1.96 bits per heavy atom. The normalized spacial score (nSPS) is 9.74. The van der Waals surface area contributed by atoms with Crippen molar-refractivity contribution in [2.24, 2.45) is 0 Å². The molecule has 2 aromatic rings. The molecule has 0 saturated carbocycles. The molecule has 0 aromatic heterocycles. The van der Waals surface area contributed by atoms with Crippen LogP contribution in [0.15, 0.2) is 57.9 Å². The van der Waals surface area contributed by atoms with E-state index in [4.69, 9.17) is 10.00 Å². The van der Waals surface area contributed by atoms with Crippen molar-refractivity contribution in [2.45, 2.75) is 4.90 Å². The molecule has 0 unspecified atom stereocenters. The standard InChI is InChI=1S/C16H11BrN2O3S/c17-13-8-12(23-10-18)6-7-14(13)19-15(20)9-22-16(21)11-4-2-1-3-5-11/h1-8H,9H2,(H,19,20). The van der Waals surface area contributed by atoms with E-state index in [0.29, 0.717) is 15.7 Å². The Bertz CT molecular complexity index is 760. The number of ether oxygens (including phenoxy) is 1. The molecule has 0 saturated heterocycles. The van der Waals surface area contributed by atoms with Crippen molar-refractivity contribution in [3.8, 4) is 5.40 Å². The highest BCUT2D eigenvalue weighted by Crippen LogP contribution is 2.28. The molecule has 0 aliphatic heterocycles. The van der Waals surface area contributed by atoms with E-state index < -0.39 is 11.9 Å². The van der Waals surface area contributed by atoms with Gasteiger partial charge in [-0.25, -0.2) is 4.79 Å². The number of hydrogen-bond acceptors (Lipinski definition) is 5. The summed E-state index contributed by atoms with van der Waals surface area (Å²) in [7, 11) is 0. The van der Waals surface area contributed by atoms with E-state index >= 15 is 0 Å². The van der Waals surface area contributed by atoms with E-state index in [1.165, 1.54) is 0 Å². The number of hydrogen-bond donors (Lipinski definition) is 1. The second-order valence-corrected chi connectivity index (χ2v) is 6.04. The molecular weight excluding hydrogens is 380 g/mol. The Morgan fingerprint density at radius 1 is 1.22 bits per heavy atom. The number of carbonyl (C=O) groups excluding carboxylic acids is 2. The summed E-state index contributed by atoms with van der Waals surface area (Å²) in [5.74, 6) is -1.00. The van der Waals surface area contributed by atoms with Crippen molar-refractivity contribution in [1.29, 1.82) is 5.26 Å². The highest BCUT2D eigenvalue weighted by atomic mass is 79.9. The number of thiocyanates is 1. The summed E-state index contributed by atoms with van der Waals surface area (Å²) < 4.78 is 5.59. The van der Waals surface area contributed by atoms with Gasteiger partial charge in [-0.2, -0.15) is 5.26 Å². The molecule has 0 radical (unpaired) electrons. The lowest BCUT2D eigenvalue weighted by Gasteiger charge is -2.09. The summed E-state index contributed by atoms with van der Waals surface area (Å²) in [4.78, 5) is 24.3. The molecule has 116 valence electrons. The van der Waals surface area contributed by atoms with E-state index in [9.17, 15) is 9.59 Å². The van der Waals surface area contributed by atoms with Gasteiger partial charge >= 0.3 is 5.97 Å². The number of esters is 1. The van der Waals surface area contributed by atoms with E-state index in [-0.39, 0.29) is 6.61 Å². The van der Waals surface area contributed by atoms with Gasteiger partial charge in [0.05, 0.1) is 11.3 Å². The van der Waals surface area contributed by atoms with Gasteiger partial charge in [0.1, 0.15) is 5.40 Å². The lowest BCUT2D eigenvalue weighted by Crippen LogP contribution is -2.21. The van der Waals surface area contributed by atoms with Crippen molar-refractivity contribution < 1.29 is 14.3 Å². The number of benzene rings is 2. The SMILES string of the molecule is N#CSc1ccc(NC(=O)COC(=O)c2ccccc2)c(Br)c1. The number of nitrogens with one attached hydrogen (secondary N) is 1. The first-order chi connectivity index (χ1) is 11.1. The van der Waals surface area contributed by atoms with Gasteiger partial charge in [0.2, 0.25) is 0 Å². The highest BCUT2D eigenvalue weighted by Gasteiger charge is 2.11. The number of rotatable bonds is 5. The average Bonchev–Trinajstić information content (AvgIpc) is 2.56. The molecule has 2 rings (SSSR count). The largest absolute Gasteiger partial charge is 0.452 e. The summed E-state index contributed by atoms with van der Waals surface area (Å²) in [6.45, 7) is -0.380. The van der Waals surface area contributed by atoms with Crippen LogP contribution in [0.4, 0.5) is 5.69 Å². The van der Waals surface area contributed by atoms with E-state index in [0.717, 1.165) is 16.7 Å². The molecule has 0 spiro atoms. The topological polar surface area (TPSA) is 79.2 Å². The molecule has 7 heteroatoms. The zero-order valence-corrected chi connectivity index (χ0v) is 14.2. The number of nitrogens with zero attached hydrogens (tertiary/aromatic N) is 1. The van der Waals surface area contributed by atoms with Gasteiger partial charge in [-0.1, -0.05) is 18.2 Å². The number of thioether (sulfide) groups is 1. The van der Waals surface area contributed by atoms with Crippen molar-refractivity contribution in [3.63, 3.8) is 0 Å². The van der Waals surface area contributed by atoms with Gasteiger partial charge in [-0.3, -0.25) is 4.79 Å². The number of nitriles is 1. The molecular formula is C16H11BrN2O3S. The second-order valence-electron chi connectivity index (χ2n) is 4.33. The maximum atomic E-state index is 11.8. The van der Waals surface area contributed by atoms with Crippen LogP contribution in [0.1, 0.15) is 10.4 Å². The molecule has 0 atom stereocenters. The van der Waals surface area contributed by atoms with Gasteiger partial charge in [-0.05, 0) is 58.0 Å². The van der Waals surface area contributed by atoms with Gasteiger partial charge in [0.25, 0.3) is 5.91 Å². The molecule has 2 aromatic carbocycles. The van der Waals surface area contributed by atoms with Crippen LogP contribution >= 0.6 is 27.7 Å². The number of halogens is 1. The van der Waals surface area contributed by atoms with Gasteiger partial charge in [0, 0.05) is 9.37 Å². The third kappa shape index (κ3) is 5.13. The first kappa shape index (κ1) is 17.1. The zero-order valence-electron chi connectivity index (χ0n) is 11.8. The van der Waals surface area contributed by atoms with Crippen LogP contribution < -0.4 is 5.32 Å². The minimum atomic E-state index is -0.555. The summed E-state index contributed by atoms with van der Waals surface area (Å²) in [5.41, 5.74) is 0.924. The molecule has 23 heavy (non-hydrogen) atoms. The molecule has 0 fully saturated rings. The minimum Gasteiger partial charge on any atom is -0.452 e.